The van der Waals surface area contributed by atoms with E-state index in [4.69, 9.17) is 0 Å². The normalized spacial score (nSPS) is 17.2. The SMILES string of the molecule is CN=C(NCCN1C(=O)Cc2ccccc21)N1CCC(CC(=O)NC)CC1.I. The van der Waals surface area contributed by atoms with Gasteiger partial charge in [-0.05, 0) is 30.4 Å². The highest BCUT2D eigenvalue weighted by atomic mass is 127. The molecule has 2 aliphatic heterocycles. The molecule has 0 spiro atoms. The fourth-order valence-electron chi connectivity index (χ4n) is 3.89. The van der Waals surface area contributed by atoms with E-state index in [2.05, 4.69) is 20.5 Å². The van der Waals surface area contributed by atoms with Crippen molar-refractivity contribution in [2.24, 2.45) is 10.9 Å². The standard InChI is InChI=1S/C20H29N5O2.HI/c1-21-18(26)13-15-7-10-24(11-8-15)20(22-2)23-9-12-25-17-6-4-3-5-16(17)14-19(25)27;/h3-6,15H,7-14H2,1-2H3,(H,21,26)(H,22,23);1H. The predicted molar refractivity (Wildman–Crippen MR) is 122 cm³/mol. The number of aliphatic imine (C=N–C) groups is 1. The average molecular weight is 499 g/mol. The summed E-state index contributed by atoms with van der Waals surface area (Å²) in [4.78, 5) is 32.3. The predicted octanol–water partition coefficient (Wildman–Crippen LogP) is 1.62. The molecule has 1 aromatic rings. The van der Waals surface area contributed by atoms with Gasteiger partial charge in [0, 0.05) is 52.4 Å². The van der Waals surface area contributed by atoms with E-state index in [1.807, 2.05) is 29.2 Å². The fraction of sp³-hybridized carbons (Fsp3) is 0.550. The van der Waals surface area contributed by atoms with Gasteiger partial charge >= 0.3 is 0 Å². The molecule has 0 atom stereocenters. The van der Waals surface area contributed by atoms with Crippen LogP contribution in [0.3, 0.4) is 0 Å². The molecule has 0 bridgehead atoms. The molecule has 1 fully saturated rings. The van der Waals surface area contributed by atoms with Gasteiger partial charge in [0.2, 0.25) is 11.8 Å². The van der Waals surface area contributed by atoms with Gasteiger partial charge in [0.1, 0.15) is 0 Å². The lowest BCUT2D eigenvalue weighted by molar-refractivity contribution is -0.121. The molecule has 0 radical (unpaired) electrons. The molecule has 0 unspecified atom stereocenters. The Kier molecular flexibility index (Phi) is 8.53. The second kappa shape index (κ2) is 10.6. The molecule has 1 saturated heterocycles. The van der Waals surface area contributed by atoms with E-state index >= 15 is 0 Å². The molecule has 2 aliphatic rings. The maximum absolute atomic E-state index is 12.3. The monoisotopic (exact) mass is 499 g/mol. The molecule has 28 heavy (non-hydrogen) atoms. The van der Waals surface area contributed by atoms with Gasteiger partial charge < -0.3 is 20.4 Å². The van der Waals surface area contributed by atoms with Gasteiger partial charge in [-0.1, -0.05) is 18.2 Å². The minimum atomic E-state index is 0. The largest absolute Gasteiger partial charge is 0.359 e. The van der Waals surface area contributed by atoms with Crippen LogP contribution in [0.4, 0.5) is 5.69 Å². The number of amides is 2. The van der Waals surface area contributed by atoms with Gasteiger partial charge in [-0.25, -0.2) is 0 Å². The molecule has 0 aliphatic carbocycles. The van der Waals surface area contributed by atoms with Gasteiger partial charge in [0.15, 0.2) is 5.96 Å². The third-order valence-electron chi connectivity index (χ3n) is 5.42. The molecule has 1 aromatic carbocycles. The minimum Gasteiger partial charge on any atom is -0.359 e. The van der Waals surface area contributed by atoms with Gasteiger partial charge in [-0.3, -0.25) is 14.6 Å². The maximum Gasteiger partial charge on any atom is 0.231 e. The number of likely N-dealkylation sites (tertiary alicyclic amines) is 1. The van der Waals surface area contributed by atoms with Gasteiger partial charge in [-0.2, -0.15) is 0 Å². The van der Waals surface area contributed by atoms with Crippen LogP contribution in [-0.2, 0) is 16.0 Å². The number of carbonyl (C=O) groups excluding carboxylic acids is 2. The summed E-state index contributed by atoms with van der Waals surface area (Å²) >= 11 is 0. The summed E-state index contributed by atoms with van der Waals surface area (Å²) in [7, 11) is 3.47. The van der Waals surface area contributed by atoms with Crippen LogP contribution in [0.2, 0.25) is 0 Å². The number of hydrogen-bond donors (Lipinski definition) is 2. The van der Waals surface area contributed by atoms with Crippen molar-refractivity contribution >= 4 is 47.4 Å². The number of carbonyl (C=O) groups is 2. The second-order valence-electron chi connectivity index (χ2n) is 7.13. The van der Waals surface area contributed by atoms with Gasteiger partial charge in [-0.15, -0.1) is 24.0 Å². The Balaban J connectivity index is 0.00000280. The summed E-state index contributed by atoms with van der Waals surface area (Å²) in [5.74, 6) is 1.58. The van der Waals surface area contributed by atoms with Crippen LogP contribution in [-0.4, -0.2) is 62.9 Å². The quantitative estimate of drug-likeness (QED) is 0.367. The zero-order valence-electron chi connectivity index (χ0n) is 16.6. The van der Waals surface area contributed by atoms with Crippen molar-refractivity contribution in [3.05, 3.63) is 29.8 Å². The van der Waals surface area contributed by atoms with E-state index in [0.717, 1.165) is 43.1 Å². The Morgan fingerprint density at radius 2 is 1.96 bits per heavy atom. The highest BCUT2D eigenvalue weighted by Crippen LogP contribution is 2.27. The number of fused-ring (bicyclic) bond motifs is 1. The van der Waals surface area contributed by atoms with Crippen molar-refractivity contribution in [3.8, 4) is 0 Å². The smallest absolute Gasteiger partial charge is 0.231 e. The summed E-state index contributed by atoms with van der Waals surface area (Å²) in [6.07, 6.45) is 3.08. The molecule has 2 N–H and O–H groups in total. The number of nitrogens with one attached hydrogen (secondary N) is 2. The lowest BCUT2D eigenvalue weighted by Crippen LogP contribution is -2.48. The van der Waals surface area contributed by atoms with E-state index in [1.54, 1.807) is 14.1 Å². The topological polar surface area (TPSA) is 77.0 Å². The molecule has 3 rings (SSSR count). The van der Waals surface area contributed by atoms with E-state index in [0.29, 0.717) is 31.8 Å². The van der Waals surface area contributed by atoms with Crippen molar-refractivity contribution < 1.29 is 9.59 Å². The first-order valence-electron chi connectivity index (χ1n) is 9.66. The van der Waals surface area contributed by atoms with E-state index in [1.165, 1.54) is 0 Å². The van der Waals surface area contributed by atoms with Crippen LogP contribution in [0, 0.1) is 5.92 Å². The first-order valence-corrected chi connectivity index (χ1v) is 9.66. The average Bonchev–Trinajstić information content (AvgIpc) is 3.01. The second-order valence-corrected chi connectivity index (χ2v) is 7.13. The first kappa shape index (κ1) is 22.4. The number of para-hydroxylation sites is 1. The van der Waals surface area contributed by atoms with Crippen molar-refractivity contribution in [2.45, 2.75) is 25.7 Å². The molecule has 154 valence electrons. The number of benzene rings is 1. The van der Waals surface area contributed by atoms with Crippen LogP contribution in [0.25, 0.3) is 0 Å². The first-order chi connectivity index (χ1) is 13.1. The van der Waals surface area contributed by atoms with Crippen LogP contribution in [0.15, 0.2) is 29.3 Å². The Morgan fingerprint density at radius 1 is 1.25 bits per heavy atom. The van der Waals surface area contributed by atoms with E-state index in [-0.39, 0.29) is 35.8 Å². The molecule has 8 heteroatoms. The van der Waals surface area contributed by atoms with Crippen molar-refractivity contribution in [3.63, 3.8) is 0 Å². The highest BCUT2D eigenvalue weighted by Gasteiger charge is 2.27. The summed E-state index contributed by atoms with van der Waals surface area (Å²) < 4.78 is 0. The number of hydrogen-bond acceptors (Lipinski definition) is 3. The summed E-state index contributed by atoms with van der Waals surface area (Å²) in [5, 5.41) is 6.09. The Morgan fingerprint density at radius 3 is 2.64 bits per heavy atom. The Labute approximate surface area is 184 Å². The van der Waals surface area contributed by atoms with Crippen molar-refractivity contribution in [1.29, 1.82) is 0 Å². The Bertz CT molecular complexity index is 716. The number of halogens is 1. The number of nitrogens with zero attached hydrogens (tertiary/aromatic N) is 3. The molecule has 2 heterocycles. The van der Waals surface area contributed by atoms with Crippen LogP contribution in [0.5, 0.6) is 0 Å². The van der Waals surface area contributed by atoms with Crippen molar-refractivity contribution in [2.75, 3.05) is 45.2 Å². The molecule has 0 aromatic heterocycles. The van der Waals surface area contributed by atoms with E-state index < -0.39 is 0 Å². The van der Waals surface area contributed by atoms with Gasteiger partial charge in [0.25, 0.3) is 0 Å². The molecular weight excluding hydrogens is 469 g/mol. The molecular formula is C20H30IN5O2. The summed E-state index contributed by atoms with van der Waals surface area (Å²) in [6.45, 7) is 3.08. The Hall–Kier alpha value is -1.84. The van der Waals surface area contributed by atoms with Crippen molar-refractivity contribution in [1.82, 2.24) is 15.5 Å². The summed E-state index contributed by atoms with van der Waals surface area (Å²) in [5.41, 5.74) is 2.12. The molecule has 0 saturated carbocycles. The van der Waals surface area contributed by atoms with Crippen LogP contribution >= 0.6 is 24.0 Å². The third kappa shape index (κ3) is 5.36. The number of guanidine groups is 1. The summed E-state index contributed by atoms with van der Waals surface area (Å²) in [6, 6.07) is 7.97. The lowest BCUT2D eigenvalue weighted by Gasteiger charge is -2.34. The fourth-order valence-corrected chi connectivity index (χ4v) is 3.89. The zero-order valence-corrected chi connectivity index (χ0v) is 18.9. The molecule has 7 nitrogen and oxygen atoms in total. The molecule has 2 amide bonds. The van der Waals surface area contributed by atoms with Gasteiger partial charge in [0.05, 0.1) is 6.42 Å². The minimum absolute atomic E-state index is 0. The van der Waals surface area contributed by atoms with Crippen LogP contribution < -0.4 is 15.5 Å². The number of anilines is 1. The highest BCUT2D eigenvalue weighted by molar-refractivity contribution is 14.0. The lowest BCUT2D eigenvalue weighted by atomic mass is 9.93. The number of piperidine rings is 1. The van der Waals surface area contributed by atoms with Crippen LogP contribution in [0.1, 0.15) is 24.8 Å². The zero-order chi connectivity index (χ0) is 19.2. The maximum atomic E-state index is 12.3. The number of rotatable bonds is 5. The third-order valence-corrected chi connectivity index (χ3v) is 5.42. The van der Waals surface area contributed by atoms with E-state index in [9.17, 15) is 9.59 Å².